The summed E-state index contributed by atoms with van der Waals surface area (Å²) in [7, 11) is 1.69. The van der Waals surface area contributed by atoms with Gasteiger partial charge in [-0.1, -0.05) is 23.2 Å². The molecule has 0 atom stereocenters. The van der Waals surface area contributed by atoms with Gasteiger partial charge in [-0.05, 0) is 31.2 Å². The number of hydrogen-bond donors (Lipinski definition) is 1. The third-order valence-corrected chi connectivity index (χ3v) is 3.53. The summed E-state index contributed by atoms with van der Waals surface area (Å²) in [5.74, 6) is 1.38. The molecule has 114 valence electrons. The average Bonchev–Trinajstić information content (AvgIpc) is 2.91. The number of rotatable bonds is 8. The van der Waals surface area contributed by atoms with E-state index in [2.05, 4.69) is 10.3 Å². The highest BCUT2D eigenvalue weighted by Gasteiger charge is 2.10. The molecule has 1 aromatic carbocycles. The van der Waals surface area contributed by atoms with Gasteiger partial charge in [0.1, 0.15) is 0 Å². The van der Waals surface area contributed by atoms with E-state index in [9.17, 15) is 0 Å². The third-order valence-electron chi connectivity index (χ3n) is 2.98. The van der Waals surface area contributed by atoms with E-state index in [0.29, 0.717) is 21.7 Å². The van der Waals surface area contributed by atoms with Crippen LogP contribution in [0, 0.1) is 0 Å². The molecular weight excluding hydrogens is 311 g/mol. The number of nitrogens with zero attached hydrogens (tertiary/aromatic N) is 1. The van der Waals surface area contributed by atoms with Crippen LogP contribution in [-0.2, 0) is 11.2 Å². The first-order chi connectivity index (χ1) is 10.2. The minimum Gasteiger partial charge on any atom is -0.441 e. The highest BCUT2D eigenvalue weighted by molar-refractivity contribution is 6.36. The summed E-state index contributed by atoms with van der Waals surface area (Å²) in [5.41, 5.74) is 0.804. The molecule has 0 aliphatic carbocycles. The van der Waals surface area contributed by atoms with Crippen molar-refractivity contribution in [1.82, 2.24) is 10.3 Å². The molecule has 21 heavy (non-hydrogen) atoms. The van der Waals surface area contributed by atoms with Crippen LogP contribution in [0.4, 0.5) is 0 Å². The van der Waals surface area contributed by atoms with Crippen molar-refractivity contribution in [2.24, 2.45) is 0 Å². The number of hydrogen-bond acceptors (Lipinski definition) is 4. The molecule has 0 saturated carbocycles. The van der Waals surface area contributed by atoms with Crippen LogP contribution in [0.2, 0.25) is 10.0 Å². The maximum Gasteiger partial charge on any atom is 0.194 e. The lowest BCUT2D eigenvalue weighted by molar-refractivity contribution is 0.199. The summed E-state index contributed by atoms with van der Waals surface area (Å²) in [6.07, 6.45) is 3.44. The Morgan fingerprint density at radius 1 is 1.29 bits per heavy atom. The first-order valence-electron chi connectivity index (χ1n) is 6.80. The number of nitrogens with one attached hydrogen (secondary N) is 1. The van der Waals surface area contributed by atoms with Crippen molar-refractivity contribution in [3.05, 3.63) is 40.3 Å². The Labute approximate surface area is 134 Å². The highest BCUT2D eigenvalue weighted by Crippen LogP contribution is 2.30. The normalized spacial score (nSPS) is 11.0. The van der Waals surface area contributed by atoms with Gasteiger partial charge in [0, 0.05) is 30.7 Å². The molecule has 0 aliphatic heterocycles. The van der Waals surface area contributed by atoms with Crippen LogP contribution in [0.3, 0.4) is 0 Å². The van der Waals surface area contributed by atoms with E-state index in [-0.39, 0.29) is 0 Å². The fourth-order valence-corrected chi connectivity index (χ4v) is 2.41. The smallest absolute Gasteiger partial charge is 0.194 e. The minimum absolute atomic E-state index is 0.562. The number of benzene rings is 1. The van der Waals surface area contributed by atoms with Crippen LogP contribution in [0.1, 0.15) is 12.3 Å². The first kappa shape index (κ1) is 16.3. The van der Waals surface area contributed by atoms with Gasteiger partial charge in [-0.25, -0.2) is 4.98 Å². The molecule has 1 aromatic heterocycles. The topological polar surface area (TPSA) is 47.3 Å². The van der Waals surface area contributed by atoms with Crippen LogP contribution in [0.5, 0.6) is 0 Å². The molecular formula is C15H18Cl2N2O2. The van der Waals surface area contributed by atoms with Gasteiger partial charge in [0.2, 0.25) is 0 Å². The van der Waals surface area contributed by atoms with Gasteiger partial charge in [0.05, 0.1) is 17.8 Å². The lowest BCUT2D eigenvalue weighted by Gasteiger charge is -2.02. The van der Waals surface area contributed by atoms with Crippen molar-refractivity contribution in [2.45, 2.75) is 12.8 Å². The van der Waals surface area contributed by atoms with Gasteiger partial charge in [0.15, 0.2) is 11.7 Å². The molecule has 1 N–H and O–H groups in total. The molecule has 0 aliphatic rings. The summed E-state index contributed by atoms with van der Waals surface area (Å²) >= 11 is 12.0. The molecule has 6 heteroatoms. The van der Waals surface area contributed by atoms with Gasteiger partial charge in [-0.2, -0.15) is 0 Å². The predicted molar refractivity (Wildman–Crippen MR) is 85.0 cm³/mol. The second-order valence-corrected chi connectivity index (χ2v) is 5.43. The second kappa shape index (κ2) is 8.39. The molecule has 0 radical (unpaired) electrons. The molecule has 1 heterocycles. The van der Waals surface area contributed by atoms with E-state index in [0.717, 1.165) is 38.1 Å². The van der Waals surface area contributed by atoms with Crippen LogP contribution in [0.25, 0.3) is 11.3 Å². The average molecular weight is 329 g/mol. The zero-order chi connectivity index (χ0) is 15.1. The summed E-state index contributed by atoms with van der Waals surface area (Å²) in [6.45, 7) is 2.48. The van der Waals surface area contributed by atoms with Crippen LogP contribution < -0.4 is 5.32 Å². The quantitative estimate of drug-likeness (QED) is 0.748. The zero-order valence-corrected chi connectivity index (χ0v) is 13.4. The van der Waals surface area contributed by atoms with Crippen LogP contribution in [0.15, 0.2) is 28.8 Å². The van der Waals surface area contributed by atoms with E-state index in [1.165, 1.54) is 0 Å². The van der Waals surface area contributed by atoms with E-state index in [1.807, 2.05) is 6.07 Å². The SMILES string of the molecule is COCCNCCCc1ncc(-c2ccc(Cl)cc2Cl)o1. The maximum atomic E-state index is 6.15. The fraction of sp³-hybridized carbons (Fsp3) is 0.400. The summed E-state index contributed by atoms with van der Waals surface area (Å²) in [4.78, 5) is 4.28. The summed E-state index contributed by atoms with van der Waals surface area (Å²) in [6, 6.07) is 5.31. The minimum atomic E-state index is 0.562. The van der Waals surface area contributed by atoms with Crippen molar-refractivity contribution >= 4 is 23.2 Å². The monoisotopic (exact) mass is 328 g/mol. The molecule has 0 spiro atoms. The van der Waals surface area contributed by atoms with Gasteiger partial charge in [-0.15, -0.1) is 0 Å². The Morgan fingerprint density at radius 2 is 2.14 bits per heavy atom. The van der Waals surface area contributed by atoms with Gasteiger partial charge < -0.3 is 14.5 Å². The number of halogens is 2. The van der Waals surface area contributed by atoms with Crippen molar-refractivity contribution in [3.8, 4) is 11.3 Å². The first-order valence-corrected chi connectivity index (χ1v) is 7.56. The lowest BCUT2D eigenvalue weighted by Crippen LogP contribution is -2.20. The number of aryl methyl sites for hydroxylation is 1. The van der Waals surface area contributed by atoms with Crippen molar-refractivity contribution in [2.75, 3.05) is 26.8 Å². The van der Waals surface area contributed by atoms with E-state index in [1.54, 1.807) is 25.4 Å². The molecule has 0 saturated heterocycles. The van der Waals surface area contributed by atoms with Crippen LogP contribution in [-0.4, -0.2) is 31.8 Å². The number of oxazole rings is 1. The Bertz CT molecular complexity index is 573. The molecule has 0 bridgehead atoms. The third kappa shape index (κ3) is 5.00. The molecule has 0 fully saturated rings. The van der Waals surface area contributed by atoms with Gasteiger partial charge >= 0.3 is 0 Å². The molecule has 4 nitrogen and oxygen atoms in total. The number of ether oxygens (including phenoxy) is 1. The predicted octanol–water partition coefficient (Wildman–Crippen LogP) is 3.82. The van der Waals surface area contributed by atoms with Crippen molar-refractivity contribution in [1.29, 1.82) is 0 Å². The molecule has 2 aromatic rings. The Balaban J connectivity index is 1.86. The molecule has 2 rings (SSSR count). The van der Waals surface area contributed by atoms with E-state index < -0.39 is 0 Å². The Morgan fingerprint density at radius 3 is 2.90 bits per heavy atom. The lowest BCUT2D eigenvalue weighted by atomic mass is 10.2. The molecule has 0 unspecified atom stereocenters. The van der Waals surface area contributed by atoms with Crippen molar-refractivity contribution < 1.29 is 9.15 Å². The zero-order valence-electron chi connectivity index (χ0n) is 11.9. The Kier molecular flexibility index (Phi) is 6.51. The maximum absolute atomic E-state index is 6.15. The van der Waals surface area contributed by atoms with E-state index in [4.69, 9.17) is 32.4 Å². The Hall–Kier alpha value is -1.07. The number of aromatic nitrogens is 1. The standard InChI is InChI=1S/C15H18Cl2N2O2/c1-20-8-7-18-6-2-3-15-19-10-14(21-15)12-5-4-11(16)9-13(12)17/h4-5,9-10,18H,2-3,6-8H2,1H3. The van der Waals surface area contributed by atoms with E-state index >= 15 is 0 Å². The van der Waals surface area contributed by atoms with Gasteiger partial charge in [0.25, 0.3) is 0 Å². The summed E-state index contributed by atoms with van der Waals surface area (Å²) < 4.78 is 10.7. The fourth-order valence-electron chi connectivity index (χ4n) is 1.90. The number of methoxy groups -OCH3 is 1. The van der Waals surface area contributed by atoms with Crippen LogP contribution >= 0.6 is 23.2 Å². The highest BCUT2D eigenvalue weighted by atomic mass is 35.5. The molecule has 0 amide bonds. The second-order valence-electron chi connectivity index (χ2n) is 4.59. The summed E-state index contributed by atoms with van der Waals surface area (Å²) in [5, 5.41) is 4.44. The van der Waals surface area contributed by atoms with Crippen molar-refractivity contribution in [3.63, 3.8) is 0 Å². The van der Waals surface area contributed by atoms with Gasteiger partial charge in [-0.3, -0.25) is 0 Å². The largest absolute Gasteiger partial charge is 0.441 e.